The highest BCUT2D eigenvalue weighted by molar-refractivity contribution is 6.18. The minimum Gasteiger partial charge on any atom is -0.457 e. The number of Topliss-reactive ketones (excluding diaryl/α,β-unsaturated/α-hetero) is 1. The van der Waals surface area contributed by atoms with Crippen molar-refractivity contribution in [2.75, 3.05) is 0 Å². The van der Waals surface area contributed by atoms with Crippen LogP contribution >= 0.6 is 0 Å². The lowest BCUT2D eigenvalue weighted by molar-refractivity contribution is -0.125. The Labute approximate surface area is 110 Å². The van der Waals surface area contributed by atoms with Crippen molar-refractivity contribution < 1.29 is 14.3 Å². The molecule has 1 aliphatic heterocycles. The second-order valence-corrected chi connectivity index (χ2v) is 4.65. The Morgan fingerprint density at radius 2 is 2.11 bits per heavy atom. The lowest BCUT2D eigenvalue weighted by atomic mass is 9.94. The maximum Gasteiger partial charge on any atom is 0.216 e. The van der Waals surface area contributed by atoms with Gasteiger partial charge in [-0.15, -0.1) is 0 Å². The summed E-state index contributed by atoms with van der Waals surface area (Å²) in [6.07, 6.45) is 6.37. The van der Waals surface area contributed by atoms with Gasteiger partial charge in [0.1, 0.15) is 11.7 Å². The molecular formula is C16H12O3. The fraction of sp³-hybridized carbons (Fsp3) is 0.125. The van der Waals surface area contributed by atoms with E-state index in [0.29, 0.717) is 5.76 Å². The van der Waals surface area contributed by atoms with Gasteiger partial charge in [-0.05, 0) is 30.7 Å². The average Bonchev–Trinajstić information content (AvgIpc) is 2.68. The number of carbonyl (C=O) groups is 2. The van der Waals surface area contributed by atoms with Crippen LogP contribution < -0.4 is 0 Å². The van der Waals surface area contributed by atoms with Crippen LogP contribution in [-0.4, -0.2) is 11.6 Å². The molecule has 1 atom stereocenters. The Morgan fingerprint density at radius 1 is 1.26 bits per heavy atom. The number of benzene rings is 1. The van der Waals surface area contributed by atoms with Crippen molar-refractivity contribution in [2.45, 2.75) is 6.92 Å². The molecule has 1 fully saturated rings. The third kappa shape index (κ3) is 2.03. The molecule has 0 N–H and O–H groups in total. The number of rotatable bonds is 1. The topological polar surface area (TPSA) is 43.4 Å². The van der Waals surface area contributed by atoms with Gasteiger partial charge in [0.15, 0.2) is 11.5 Å². The molecule has 0 saturated carbocycles. The first-order chi connectivity index (χ1) is 9.15. The quantitative estimate of drug-likeness (QED) is 0.570. The zero-order chi connectivity index (χ0) is 13.4. The molecule has 1 aromatic rings. The van der Waals surface area contributed by atoms with Gasteiger partial charge < -0.3 is 4.74 Å². The largest absolute Gasteiger partial charge is 0.457 e. The third-order valence-corrected chi connectivity index (χ3v) is 3.16. The zero-order valence-corrected chi connectivity index (χ0v) is 10.4. The first-order valence-electron chi connectivity index (χ1n) is 6.08. The summed E-state index contributed by atoms with van der Waals surface area (Å²) in [5.74, 6) is -0.589. The molecule has 94 valence electrons. The predicted molar refractivity (Wildman–Crippen MR) is 71.0 cm³/mol. The van der Waals surface area contributed by atoms with Crippen LogP contribution in [0.15, 0.2) is 54.0 Å². The van der Waals surface area contributed by atoms with Crippen molar-refractivity contribution in [3.05, 3.63) is 65.1 Å². The van der Waals surface area contributed by atoms with Crippen LogP contribution in [0.2, 0.25) is 0 Å². The van der Waals surface area contributed by atoms with E-state index in [9.17, 15) is 9.59 Å². The van der Waals surface area contributed by atoms with E-state index in [1.807, 2.05) is 31.2 Å². The smallest absolute Gasteiger partial charge is 0.216 e. The molecule has 0 amide bonds. The highest BCUT2D eigenvalue weighted by atomic mass is 16.5. The summed E-state index contributed by atoms with van der Waals surface area (Å²) >= 11 is 0. The normalized spacial score (nSPS) is 23.3. The van der Waals surface area contributed by atoms with Crippen molar-refractivity contribution >= 4 is 17.6 Å². The molecule has 3 nitrogen and oxygen atoms in total. The van der Waals surface area contributed by atoms with E-state index in [0.717, 1.165) is 11.1 Å². The Bertz CT molecular complexity index is 662. The number of fused-ring (bicyclic) bond motifs is 1. The van der Waals surface area contributed by atoms with Crippen molar-refractivity contribution in [1.29, 1.82) is 0 Å². The van der Waals surface area contributed by atoms with Gasteiger partial charge >= 0.3 is 0 Å². The first kappa shape index (κ1) is 11.7. The lowest BCUT2D eigenvalue weighted by Gasteiger charge is -2.05. The summed E-state index contributed by atoms with van der Waals surface area (Å²) in [6.45, 7) is 1.98. The van der Waals surface area contributed by atoms with E-state index in [1.54, 1.807) is 18.2 Å². The molecule has 19 heavy (non-hydrogen) atoms. The number of hydrogen-bond donors (Lipinski definition) is 0. The van der Waals surface area contributed by atoms with Crippen LogP contribution in [0.3, 0.4) is 0 Å². The molecule has 1 unspecified atom stereocenters. The molecule has 3 heteroatoms. The van der Waals surface area contributed by atoms with E-state index in [2.05, 4.69) is 0 Å². The van der Waals surface area contributed by atoms with E-state index in [-0.39, 0.29) is 17.3 Å². The summed E-state index contributed by atoms with van der Waals surface area (Å²) < 4.78 is 5.49. The van der Waals surface area contributed by atoms with E-state index < -0.39 is 5.92 Å². The molecule has 1 aromatic carbocycles. The van der Waals surface area contributed by atoms with Crippen LogP contribution in [0.1, 0.15) is 11.1 Å². The summed E-state index contributed by atoms with van der Waals surface area (Å²) in [4.78, 5) is 23.8. The fourth-order valence-corrected chi connectivity index (χ4v) is 2.25. The van der Waals surface area contributed by atoms with Crippen LogP contribution in [0, 0.1) is 12.8 Å². The second-order valence-electron chi connectivity index (χ2n) is 4.65. The van der Waals surface area contributed by atoms with Gasteiger partial charge in [-0.3, -0.25) is 9.59 Å². The van der Waals surface area contributed by atoms with Crippen LogP contribution in [-0.2, 0) is 14.3 Å². The molecule has 0 spiro atoms. The van der Waals surface area contributed by atoms with Crippen LogP contribution in [0.4, 0.5) is 0 Å². The fourth-order valence-electron chi connectivity index (χ4n) is 2.25. The Hall–Kier alpha value is -2.42. The Kier molecular flexibility index (Phi) is 2.67. The van der Waals surface area contributed by atoms with Gasteiger partial charge in [-0.1, -0.05) is 35.9 Å². The molecule has 2 aliphatic rings. The molecule has 0 radical (unpaired) electrons. The highest BCUT2D eigenvalue weighted by Gasteiger charge is 2.41. The lowest BCUT2D eigenvalue weighted by Crippen LogP contribution is -2.20. The van der Waals surface area contributed by atoms with E-state index in [4.69, 9.17) is 4.74 Å². The van der Waals surface area contributed by atoms with Crippen LogP contribution in [0.25, 0.3) is 6.08 Å². The number of carbonyl (C=O) groups excluding carboxylic acids is 2. The van der Waals surface area contributed by atoms with E-state index in [1.165, 1.54) is 6.08 Å². The van der Waals surface area contributed by atoms with Crippen molar-refractivity contribution in [3.63, 3.8) is 0 Å². The van der Waals surface area contributed by atoms with Gasteiger partial charge in [0.2, 0.25) is 5.78 Å². The van der Waals surface area contributed by atoms with Gasteiger partial charge in [-0.2, -0.15) is 0 Å². The maximum absolute atomic E-state index is 12.2. The van der Waals surface area contributed by atoms with Gasteiger partial charge in [0.05, 0.1) is 0 Å². The highest BCUT2D eigenvalue weighted by Crippen LogP contribution is 2.33. The standard InChI is InChI=1S/C16H12O3/c1-10-4-2-5-11(8-10)9-14-16(18)15-12(17)6-3-7-13(15)19-14/h2-9,15H,1H3/b14-9-. The summed E-state index contributed by atoms with van der Waals surface area (Å²) in [7, 11) is 0. The molecule has 1 saturated heterocycles. The van der Waals surface area contributed by atoms with Crippen molar-refractivity contribution in [2.24, 2.45) is 5.92 Å². The van der Waals surface area contributed by atoms with Crippen molar-refractivity contribution in [3.8, 4) is 0 Å². The number of aryl methyl sites for hydroxylation is 1. The zero-order valence-electron chi connectivity index (χ0n) is 10.4. The Balaban J connectivity index is 1.96. The number of ketones is 2. The minimum atomic E-state index is -0.777. The summed E-state index contributed by atoms with van der Waals surface area (Å²) in [6, 6.07) is 7.75. The summed E-state index contributed by atoms with van der Waals surface area (Å²) in [5.41, 5.74) is 2.00. The molecular weight excluding hydrogens is 240 g/mol. The SMILES string of the molecule is Cc1cccc(/C=C2\OC3=CC=CC(=O)C3C2=O)c1. The second kappa shape index (κ2) is 4.35. The number of allylic oxidation sites excluding steroid dienone is 5. The first-order valence-corrected chi connectivity index (χ1v) is 6.08. The molecule has 1 aliphatic carbocycles. The van der Waals surface area contributed by atoms with Gasteiger partial charge in [0.25, 0.3) is 0 Å². The minimum absolute atomic E-state index is 0.213. The van der Waals surface area contributed by atoms with Gasteiger partial charge in [-0.25, -0.2) is 0 Å². The third-order valence-electron chi connectivity index (χ3n) is 3.16. The number of ether oxygens (including phenoxy) is 1. The van der Waals surface area contributed by atoms with Gasteiger partial charge in [0, 0.05) is 0 Å². The Morgan fingerprint density at radius 3 is 2.84 bits per heavy atom. The predicted octanol–water partition coefficient (Wildman–Crippen LogP) is 2.57. The average molecular weight is 252 g/mol. The molecule has 3 rings (SSSR count). The number of hydrogen-bond acceptors (Lipinski definition) is 3. The van der Waals surface area contributed by atoms with Crippen LogP contribution in [0.5, 0.6) is 0 Å². The molecule has 0 aromatic heterocycles. The summed E-state index contributed by atoms with van der Waals surface area (Å²) in [5, 5.41) is 0. The molecule has 1 heterocycles. The van der Waals surface area contributed by atoms with E-state index >= 15 is 0 Å². The monoisotopic (exact) mass is 252 g/mol. The maximum atomic E-state index is 12.2. The van der Waals surface area contributed by atoms with Crippen molar-refractivity contribution in [1.82, 2.24) is 0 Å². The molecule has 0 bridgehead atoms.